The number of pyridine rings is 1. The van der Waals surface area contributed by atoms with Gasteiger partial charge >= 0.3 is 5.97 Å². The molecule has 0 bridgehead atoms. The molecule has 4 heteroatoms. The summed E-state index contributed by atoms with van der Waals surface area (Å²) in [5.41, 5.74) is 2.27. The first kappa shape index (κ1) is 10.5. The van der Waals surface area contributed by atoms with E-state index in [1.165, 1.54) is 13.3 Å². The van der Waals surface area contributed by atoms with Crippen molar-refractivity contribution in [1.82, 2.24) is 4.40 Å². The zero-order valence-electron chi connectivity index (χ0n) is 9.23. The zero-order valence-corrected chi connectivity index (χ0v) is 9.23. The molecule has 0 saturated carbocycles. The van der Waals surface area contributed by atoms with Crippen LogP contribution in [0, 0.1) is 0 Å². The zero-order chi connectivity index (χ0) is 11.7. The van der Waals surface area contributed by atoms with Gasteiger partial charge < -0.3 is 14.2 Å². The number of aryl methyl sites for hydroxylation is 1. The Balaban J connectivity index is 2.75. The maximum atomic E-state index is 11.7. The van der Waals surface area contributed by atoms with E-state index in [9.17, 15) is 9.90 Å². The molecule has 84 valence electrons. The number of esters is 1. The number of fused-ring (bicyclic) bond motifs is 1. The third-order valence-electron chi connectivity index (χ3n) is 2.59. The Labute approximate surface area is 93.1 Å². The van der Waals surface area contributed by atoms with Crippen LogP contribution >= 0.6 is 0 Å². The van der Waals surface area contributed by atoms with Crippen LogP contribution in [-0.2, 0) is 11.2 Å². The van der Waals surface area contributed by atoms with Gasteiger partial charge in [0, 0.05) is 5.52 Å². The average Bonchev–Trinajstić information content (AvgIpc) is 2.65. The van der Waals surface area contributed by atoms with Gasteiger partial charge in [-0.1, -0.05) is 6.92 Å². The molecule has 2 aromatic heterocycles. The first-order valence-electron chi connectivity index (χ1n) is 5.08. The Morgan fingerprint density at radius 3 is 2.88 bits per heavy atom. The molecule has 0 aliphatic rings. The number of aromatic nitrogens is 1. The lowest BCUT2D eigenvalue weighted by Gasteiger charge is -2.03. The molecule has 0 atom stereocenters. The van der Waals surface area contributed by atoms with Crippen molar-refractivity contribution in [2.24, 2.45) is 0 Å². The van der Waals surface area contributed by atoms with Gasteiger partial charge in [0.15, 0.2) is 0 Å². The highest BCUT2D eigenvalue weighted by Crippen LogP contribution is 2.21. The van der Waals surface area contributed by atoms with Crippen LogP contribution in [0.25, 0.3) is 5.52 Å². The van der Waals surface area contributed by atoms with Gasteiger partial charge in [0.1, 0.15) is 11.4 Å². The lowest BCUT2D eigenvalue weighted by Crippen LogP contribution is -2.07. The monoisotopic (exact) mass is 219 g/mol. The van der Waals surface area contributed by atoms with E-state index in [-0.39, 0.29) is 11.7 Å². The molecule has 0 aliphatic heterocycles. The Kier molecular flexibility index (Phi) is 2.56. The molecule has 0 amide bonds. The highest BCUT2D eigenvalue weighted by atomic mass is 16.5. The van der Waals surface area contributed by atoms with Crippen LogP contribution in [0.4, 0.5) is 0 Å². The van der Waals surface area contributed by atoms with Crippen molar-refractivity contribution >= 4 is 11.5 Å². The fourth-order valence-corrected chi connectivity index (χ4v) is 1.81. The van der Waals surface area contributed by atoms with E-state index in [0.29, 0.717) is 5.69 Å². The third-order valence-corrected chi connectivity index (χ3v) is 2.59. The number of aromatic hydroxyl groups is 1. The van der Waals surface area contributed by atoms with Crippen molar-refractivity contribution in [2.45, 2.75) is 13.3 Å². The summed E-state index contributed by atoms with van der Waals surface area (Å²) in [6.45, 7) is 1.97. The van der Waals surface area contributed by atoms with Gasteiger partial charge in [-0.15, -0.1) is 0 Å². The molecule has 0 unspecified atom stereocenters. The van der Waals surface area contributed by atoms with Gasteiger partial charge in [-0.2, -0.15) is 0 Å². The van der Waals surface area contributed by atoms with Crippen molar-refractivity contribution in [3.05, 3.63) is 35.7 Å². The molecule has 2 aromatic rings. The molecule has 0 aliphatic carbocycles. The first-order valence-corrected chi connectivity index (χ1v) is 5.08. The maximum absolute atomic E-state index is 11.7. The van der Waals surface area contributed by atoms with Crippen LogP contribution < -0.4 is 0 Å². The summed E-state index contributed by atoms with van der Waals surface area (Å²) in [6, 6.07) is 5.28. The largest absolute Gasteiger partial charge is 0.506 e. The molecule has 16 heavy (non-hydrogen) atoms. The lowest BCUT2D eigenvalue weighted by atomic mass is 10.2. The van der Waals surface area contributed by atoms with Crippen LogP contribution in [0.5, 0.6) is 5.75 Å². The molecule has 2 rings (SSSR count). The van der Waals surface area contributed by atoms with E-state index in [1.54, 1.807) is 16.5 Å². The minimum atomic E-state index is -0.387. The van der Waals surface area contributed by atoms with E-state index < -0.39 is 0 Å². The van der Waals surface area contributed by atoms with Gasteiger partial charge in [-0.25, -0.2) is 4.79 Å². The van der Waals surface area contributed by atoms with Gasteiger partial charge in [-0.3, -0.25) is 0 Å². The number of hydrogen-bond acceptors (Lipinski definition) is 3. The quantitative estimate of drug-likeness (QED) is 0.786. The minimum absolute atomic E-state index is 0.121. The highest BCUT2D eigenvalue weighted by molar-refractivity contribution is 5.91. The first-order chi connectivity index (χ1) is 7.67. The van der Waals surface area contributed by atoms with Crippen LogP contribution in [0.15, 0.2) is 24.4 Å². The van der Waals surface area contributed by atoms with E-state index in [1.807, 2.05) is 13.0 Å². The van der Waals surface area contributed by atoms with Crippen molar-refractivity contribution in [3.63, 3.8) is 0 Å². The molecule has 2 heterocycles. The second-order valence-electron chi connectivity index (χ2n) is 3.55. The second-order valence-corrected chi connectivity index (χ2v) is 3.55. The van der Waals surface area contributed by atoms with Gasteiger partial charge in [0.25, 0.3) is 0 Å². The van der Waals surface area contributed by atoms with E-state index in [0.717, 1.165) is 17.5 Å². The van der Waals surface area contributed by atoms with E-state index in [2.05, 4.69) is 0 Å². The smallest absolute Gasteiger partial charge is 0.355 e. The van der Waals surface area contributed by atoms with Crippen molar-refractivity contribution in [2.75, 3.05) is 7.11 Å². The molecule has 0 fully saturated rings. The Bertz CT molecular complexity index is 542. The molecular formula is C12H13NO3. The summed E-state index contributed by atoms with van der Waals surface area (Å²) >= 11 is 0. The summed E-state index contributed by atoms with van der Waals surface area (Å²) < 4.78 is 6.40. The summed E-state index contributed by atoms with van der Waals surface area (Å²) in [6.07, 6.45) is 2.26. The Morgan fingerprint density at radius 1 is 1.50 bits per heavy atom. The molecule has 0 spiro atoms. The fraction of sp³-hybridized carbons (Fsp3) is 0.250. The second kappa shape index (κ2) is 3.89. The van der Waals surface area contributed by atoms with Crippen LogP contribution in [0.2, 0.25) is 0 Å². The molecule has 0 saturated heterocycles. The van der Waals surface area contributed by atoms with E-state index in [4.69, 9.17) is 4.74 Å². The predicted octanol–water partition coefficient (Wildman–Crippen LogP) is 1.99. The number of rotatable bonds is 2. The maximum Gasteiger partial charge on any atom is 0.355 e. The van der Waals surface area contributed by atoms with Crippen molar-refractivity contribution in [1.29, 1.82) is 0 Å². The van der Waals surface area contributed by atoms with Gasteiger partial charge in [0.05, 0.1) is 13.3 Å². The van der Waals surface area contributed by atoms with Crippen molar-refractivity contribution in [3.8, 4) is 5.75 Å². The van der Waals surface area contributed by atoms with Gasteiger partial charge in [-0.05, 0) is 30.2 Å². The molecule has 0 aromatic carbocycles. The fourth-order valence-electron chi connectivity index (χ4n) is 1.81. The third kappa shape index (κ3) is 1.52. The number of ether oxygens (including phenoxy) is 1. The van der Waals surface area contributed by atoms with Crippen molar-refractivity contribution < 1.29 is 14.6 Å². The highest BCUT2D eigenvalue weighted by Gasteiger charge is 2.16. The Hall–Kier alpha value is -1.97. The number of carbonyl (C=O) groups is 1. The minimum Gasteiger partial charge on any atom is -0.506 e. The molecule has 1 N–H and O–H groups in total. The Morgan fingerprint density at radius 2 is 2.25 bits per heavy atom. The SMILES string of the molecule is CCc1cc2ccc(O)cn2c1C(=O)OC. The summed E-state index contributed by atoms with van der Waals surface area (Å²) in [7, 11) is 1.35. The summed E-state index contributed by atoms with van der Waals surface area (Å²) in [5.74, 6) is -0.265. The summed E-state index contributed by atoms with van der Waals surface area (Å²) in [5, 5.41) is 9.42. The van der Waals surface area contributed by atoms with Crippen LogP contribution in [0.1, 0.15) is 23.0 Å². The normalized spacial score (nSPS) is 10.6. The van der Waals surface area contributed by atoms with Crippen LogP contribution in [0.3, 0.4) is 0 Å². The average molecular weight is 219 g/mol. The molecule has 4 nitrogen and oxygen atoms in total. The number of carbonyl (C=O) groups excluding carboxylic acids is 1. The molecule has 0 radical (unpaired) electrons. The standard InChI is InChI=1S/C12H13NO3/c1-3-8-6-9-4-5-10(14)7-13(9)11(8)12(15)16-2/h4-7,14H,3H2,1-2H3. The number of methoxy groups -OCH3 is 1. The lowest BCUT2D eigenvalue weighted by molar-refractivity contribution is 0.0592. The van der Waals surface area contributed by atoms with Gasteiger partial charge in [0.2, 0.25) is 0 Å². The van der Waals surface area contributed by atoms with Crippen LogP contribution in [-0.4, -0.2) is 22.6 Å². The van der Waals surface area contributed by atoms with E-state index >= 15 is 0 Å². The predicted molar refractivity (Wildman–Crippen MR) is 59.8 cm³/mol. The topological polar surface area (TPSA) is 50.9 Å². The number of nitrogens with zero attached hydrogens (tertiary/aromatic N) is 1. The number of hydrogen-bond donors (Lipinski definition) is 1. The molecular weight excluding hydrogens is 206 g/mol. The summed E-state index contributed by atoms with van der Waals surface area (Å²) in [4.78, 5) is 11.7.